The Bertz CT molecular complexity index is 630. The van der Waals surface area contributed by atoms with Gasteiger partial charge in [-0.3, -0.25) is 9.69 Å². The van der Waals surface area contributed by atoms with Crippen molar-refractivity contribution in [2.45, 2.75) is 57.4 Å². The number of aromatic nitrogens is 2. The zero-order chi connectivity index (χ0) is 18.0. The van der Waals surface area contributed by atoms with Gasteiger partial charge in [0.25, 0.3) is 0 Å². The van der Waals surface area contributed by atoms with Crippen molar-refractivity contribution in [3.8, 4) is 0 Å². The van der Waals surface area contributed by atoms with Crippen molar-refractivity contribution >= 4 is 5.91 Å². The number of methoxy groups -OCH3 is 1. The molecule has 0 radical (unpaired) electrons. The van der Waals surface area contributed by atoms with E-state index >= 15 is 0 Å². The van der Waals surface area contributed by atoms with E-state index in [0.29, 0.717) is 24.9 Å². The number of nitrogens with zero attached hydrogens (tertiary/aromatic N) is 4. The fourth-order valence-electron chi connectivity index (χ4n) is 4.51. The summed E-state index contributed by atoms with van der Waals surface area (Å²) in [6, 6.07) is 0. The van der Waals surface area contributed by atoms with E-state index in [4.69, 9.17) is 9.26 Å². The molecule has 26 heavy (non-hydrogen) atoms. The number of hydrogen-bond donors (Lipinski definition) is 0. The van der Waals surface area contributed by atoms with Crippen LogP contribution >= 0.6 is 0 Å². The van der Waals surface area contributed by atoms with E-state index in [1.807, 2.05) is 0 Å². The Morgan fingerprint density at radius 1 is 1.31 bits per heavy atom. The first-order valence-corrected chi connectivity index (χ1v) is 9.99. The van der Waals surface area contributed by atoms with Crippen LogP contribution in [0.1, 0.15) is 62.6 Å². The highest BCUT2D eigenvalue weighted by Crippen LogP contribution is 2.40. The monoisotopic (exact) mass is 362 g/mol. The minimum atomic E-state index is 0.224. The number of rotatable bonds is 7. The van der Waals surface area contributed by atoms with Crippen LogP contribution in [0.3, 0.4) is 0 Å². The molecule has 1 amide bonds. The second-order valence-corrected chi connectivity index (χ2v) is 8.30. The fraction of sp³-hybridized carbons (Fsp3) is 0.842. The standard InChI is InChI=1S/C19H30N4O3/c1-25-11-3-10-23-14-19(8-6-17(23)24)7-2-9-22(13-19)12-16-20-18(26-21-16)15-4-5-15/h15H,2-14H2,1H3/t19-/m1/s1. The van der Waals surface area contributed by atoms with Crippen molar-refractivity contribution in [1.29, 1.82) is 0 Å². The molecule has 1 aromatic rings. The zero-order valence-corrected chi connectivity index (χ0v) is 15.8. The molecule has 0 unspecified atom stereocenters. The molecule has 2 saturated heterocycles. The quantitative estimate of drug-likeness (QED) is 0.693. The summed E-state index contributed by atoms with van der Waals surface area (Å²) in [5.41, 5.74) is 0.224. The Labute approximate surface area is 155 Å². The average molecular weight is 362 g/mol. The van der Waals surface area contributed by atoms with E-state index in [2.05, 4.69) is 19.9 Å². The van der Waals surface area contributed by atoms with Gasteiger partial charge in [-0.2, -0.15) is 4.98 Å². The van der Waals surface area contributed by atoms with Gasteiger partial charge in [0.15, 0.2) is 5.82 Å². The lowest BCUT2D eigenvalue weighted by atomic mass is 9.73. The van der Waals surface area contributed by atoms with Crippen LogP contribution < -0.4 is 0 Å². The van der Waals surface area contributed by atoms with Gasteiger partial charge >= 0.3 is 0 Å². The molecule has 1 atom stereocenters. The van der Waals surface area contributed by atoms with Crippen LogP contribution in [-0.4, -0.2) is 65.7 Å². The molecule has 0 N–H and O–H groups in total. The van der Waals surface area contributed by atoms with Gasteiger partial charge < -0.3 is 14.2 Å². The second kappa shape index (κ2) is 7.64. The second-order valence-electron chi connectivity index (χ2n) is 8.30. The summed E-state index contributed by atoms with van der Waals surface area (Å²) >= 11 is 0. The molecule has 1 aliphatic carbocycles. The predicted octanol–water partition coefficient (Wildman–Crippen LogP) is 2.19. The number of likely N-dealkylation sites (tertiary alicyclic amines) is 2. The highest BCUT2D eigenvalue weighted by atomic mass is 16.5. The molecule has 0 bridgehead atoms. The molecule has 144 valence electrons. The van der Waals surface area contributed by atoms with Crippen molar-refractivity contribution in [2.24, 2.45) is 5.41 Å². The first kappa shape index (κ1) is 17.9. The van der Waals surface area contributed by atoms with E-state index in [9.17, 15) is 4.79 Å². The van der Waals surface area contributed by atoms with Crippen LogP contribution in [0.4, 0.5) is 0 Å². The van der Waals surface area contributed by atoms with Crippen LogP contribution in [0.2, 0.25) is 0 Å². The molecule has 3 aliphatic rings. The summed E-state index contributed by atoms with van der Waals surface area (Å²) < 4.78 is 10.5. The molecular weight excluding hydrogens is 332 g/mol. The average Bonchev–Trinajstić information content (AvgIpc) is 3.39. The normalized spacial score (nSPS) is 27.4. The van der Waals surface area contributed by atoms with E-state index < -0.39 is 0 Å². The number of ether oxygens (including phenoxy) is 1. The van der Waals surface area contributed by atoms with E-state index in [0.717, 1.165) is 57.3 Å². The zero-order valence-electron chi connectivity index (χ0n) is 15.8. The highest BCUT2D eigenvalue weighted by molar-refractivity contribution is 5.77. The lowest BCUT2D eigenvalue weighted by molar-refractivity contribution is -0.139. The van der Waals surface area contributed by atoms with Crippen molar-refractivity contribution in [1.82, 2.24) is 19.9 Å². The molecule has 2 aliphatic heterocycles. The number of piperidine rings is 2. The van der Waals surface area contributed by atoms with Gasteiger partial charge in [-0.05, 0) is 45.1 Å². The van der Waals surface area contributed by atoms with Crippen molar-refractivity contribution in [3.63, 3.8) is 0 Å². The third kappa shape index (κ3) is 4.09. The molecule has 0 aromatic carbocycles. The lowest BCUT2D eigenvalue weighted by Crippen LogP contribution is -2.54. The van der Waals surface area contributed by atoms with Crippen molar-refractivity contribution in [3.05, 3.63) is 11.7 Å². The van der Waals surface area contributed by atoms with Gasteiger partial charge in [-0.1, -0.05) is 5.16 Å². The lowest BCUT2D eigenvalue weighted by Gasteiger charge is -2.48. The van der Waals surface area contributed by atoms with Gasteiger partial charge in [0.2, 0.25) is 11.8 Å². The molecule has 3 fully saturated rings. The number of hydrogen-bond acceptors (Lipinski definition) is 6. The highest BCUT2D eigenvalue weighted by Gasteiger charge is 2.41. The first-order chi connectivity index (χ1) is 12.7. The Morgan fingerprint density at radius 2 is 2.19 bits per heavy atom. The van der Waals surface area contributed by atoms with Crippen LogP contribution in [0.15, 0.2) is 4.52 Å². The van der Waals surface area contributed by atoms with Crippen molar-refractivity contribution < 1.29 is 14.1 Å². The first-order valence-electron chi connectivity index (χ1n) is 9.99. The number of amides is 1. The Kier molecular flexibility index (Phi) is 5.27. The molecule has 7 nitrogen and oxygen atoms in total. The minimum Gasteiger partial charge on any atom is -0.385 e. The van der Waals surface area contributed by atoms with Crippen LogP contribution in [0, 0.1) is 5.41 Å². The largest absolute Gasteiger partial charge is 0.385 e. The maximum Gasteiger partial charge on any atom is 0.229 e. The van der Waals surface area contributed by atoms with E-state index in [1.165, 1.54) is 25.7 Å². The topological polar surface area (TPSA) is 71.7 Å². The minimum absolute atomic E-state index is 0.224. The van der Waals surface area contributed by atoms with Crippen LogP contribution in [0.25, 0.3) is 0 Å². The van der Waals surface area contributed by atoms with Gasteiger partial charge in [-0.25, -0.2) is 0 Å². The van der Waals surface area contributed by atoms with E-state index in [1.54, 1.807) is 7.11 Å². The molecule has 1 spiro atoms. The molecule has 1 saturated carbocycles. The summed E-state index contributed by atoms with van der Waals surface area (Å²) in [6.07, 6.45) is 7.33. The smallest absolute Gasteiger partial charge is 0.229 e. The third-order valence-corrected chi connectivity index (χ3v) is 6.04. The van der Waals surface area contributed by atoms with Gasteiger partial charge in [0.05, 0.1) is 6.54 Å². The Balaban J connectivity index is 1.35. The summed E-state index contributed by atoms with van der Waals surface area (Å²) in [5, 5.41) is 4.18. The summed E-state index contributed by atoms with van der Waals surface area (Å²) in [7, 11) is 1.71. The summed E-state index contributed by atoms with van der Waals surface area (Å²) in [4.78, 5) is 21.4. The van der Waals surface area contributed by atoms with Gasteiger partial charge in [0, 0.05) is 51.1 Å². The van der Waals surface area contributed by atoms with Crippen molar-refractivity contribution in [2.75, 3.05) is 39.9 Å². The Morgan fingerprint density at radius 3 is 3.00 bits per heavy atom. The maximum atomic E-state index is 12.3. The van der Waals surface area contributed by atoms with Gasteiger partial charge in [-0.15, -0.1) is 0 Å². The number of carbonyl (C=O) groups excluding carboxylic acids is 1. The summed E-state index contributed by atoms with van der Waals surface area (Å²) in [6.45, 7) is 5.26. The van der Waals surface area contributed by atoms with Crippen LogP contribution in [-0.2, 0) is 16.1 Å². The fourth-order valence-corrected chi connectivity index (χ4v) is 4.51. The Hall–Kier alpha value is -1.47. The predicted molar refractivity (Wildman–Crippen MR) is 95.5 cm³/mol. The summed E-state index contributed by atoms with van der Waals surface area (Å²) in [5.74, 6) is 2.44. The van der Waals surface area contributed by atoms with Crippen LogP contribution in [0.5, 0.6) is 0 Å². The molecule has 3 heterocycles. The number of carbonyl (C=O) groups is 1. The van der Waals surface area contributed by atoms with E-state index in [-0.39, 0.29) is 5.41 Å². The SMILES string of the molecule is COCCCN1C[C@]2(CCCN(Cc3noc(C4CC4)n3)C2)CCC1=O. The molecule has 4 rings (SSSR count). The third-order valence-electron chi connectivity index (χ3n) is 6.04. The van der Waals surface area contributed by atoms with Gasteiger partial charge in [0.1, 0.15) is 0 Å². The molecule has 1 aromatic heterocycles. The molecular formula is C19H30N4O3. The maximum absolute atomic E-state index is 12.3. The molecule has 7 heteroatoms.